The third-order valence-electron chi connectivity index (χ3n) is 5.31. The van der Waals surface area contributed by atoms with Crippen LogP contribution in [0.5, 0.6) is 0 Å². The van der Waals surface area contributed by atoms with Gasteiger partial charge in [-0.1, -0.05) is 35.5 Å². The molecule has 6 nitrogen and oxygen atoms in total. The van der Waals surface area contributed by atoms with Crippen molar-refractivity contribution in [3.05, 3.63) is 60.1 Å². The minimum atomic E-state index is 0.228. The lowest BCUT2D eigenvalue weighted by Gasteiger charge is -2.21. The minimum absolute atomic E-state index is 0.228. The van der Waals surface area contributed by atoms with E-state index >= 15 is 0 Å². The number of likely N-dealkylation sites (tertiary alicyclic amines) is 1. The third kappa shape index (κ3) is 4.22. The van der Waals surface area contributed by atoms with Crippen molar-refractivity contribution in [1.82, 2.24) is 20.0 Å². The van der Waals surface area contributed by atoms with Gasteiger partial charge >= 0.3 is 0 Å². The SMILES string of the molecule is CN(C)c1ccc(-c2noc([C@@H]3CCCN3CCCc3ccccc3)n2)cn1. The monoisotopic (exact) mass is 377 g/mol. The second-order valence-electron chi connectivity index (χ2n) is 7.54. The van der Waals surface area contributed by atoms with Gasteiger partial charge in [0.25, 0.3) is 0 Å². The zero-order chi connectivity index (χ0) is 19.3. The third-order valence-corrected chi connectivity index (χ3v) is 5.31. The molecule has 28 heavy (non-hydrogen) atoms. The number of aryl methyl sites for hydroxylation is 1. The van der Waals surface area contributed by atoms with Gasteiger partial charge in [0.2, 0.25) is 11.7 Å². The van der Waals surface area contributed by atoms with Crippen LogP contribution in [0, 0.1) is 0 Å². The average Bonchev–Trinajstić information content (AvgIpc) is 3.38. The molecule has 1 aromatic carbocycles. The number of pyridine rings is 1. The molecule has 1 aliphatic rings. The van der Waals surface area contributed by atoms with Gasteiger partial charge in [-0.3, -0.25) is 4.90 Å². The zero-order valence-electron chi connectivity index (χ0n) is 16.6. The van der Waals surface area contributed by atoms with Crippen molar-refractivity contribution in [3.63, 3.8) is 0 Å². The molecule has 3 aromatic rings. The molecule has 2 aromatic heterocycles. The summed E-state index contributed by atoms with van der Waals surface area (Å²) in [7, 11) is 3.95. The maximum absolute atomic E-state index is 5.63. The minimum Gasteiger partial charge on any atom is -0.363 e. The Bertz CT molecular complexity index is 875. The van der Waals surface area contributed by atoms with Crippen molar-refractivity contribution in [2.75, 3.05) is 32.1 Å². The van der Waals surface area contributed by atoms with E-state index in [9.17, 15) is 0 Å². The van der Waals surface area contributed by atoms with Gasteiger partial charge in [-0.05, 0) is 56.5 Å². The number of anilines is 1. The quantitative estimate of drug-likeness (QED) is 0.621. The van der Waals surface area contributed by atoms with Crippen LogP contribution in [0.3, 0.4) is 0 Å². The van der Waals surface area contributed by atoms with Gasteiger partial charge in [-0.25, -0.2) is 4.98 Å². The van der Waals surface area contributed by atoms with E-state index in [4.69, 9.17) is 4.52 Å². The normalized spacial score (nSPS) is 17.1. The molecule has 3 heterocycles. The van der Waals surface area contributed by atoms with Crippen molar-refractivity contribution < 1.29 is 4.52 Å². The molecule has 1 fully saturated rings. The summed E-state index contributed by atoms with van der Waals surface area (Å²) in [6.45, 7) is 2.15. The Labute approximate surface area is 166 Å². The van der Waals surface area contributed by atoms with Crippen LogP contribution < -0.4 is 4.90 Å². The summed E-state index contributed by atoms with van der Waals surface area (Å²) in [5.41, 5.74) is 2.28. The van der Waals surface area contributed by atoms with Gasteiger partial charge in [-0.2, -0.15) is 4.98 Å². The fourth-order valence-corrected chi connectivity index (χ4v) is 3.78. The summed E-state index contributed by atoms with van der Waals surface area (Å²) < 4.78 is 5.63. The predicted molar refractivity (Wildman–Crippen MR) is 110 cm³/mol. The molecule has 0 aliphatic carbocycles. The highest BCUT2D eigenvalue weighted by atomic mass is 16.5. The van der Waals surface area contributed by atoms with Crippen LogP contribution >= 0.6 is 0 Å². The molecule has 0 saturated carbocycles. The van der Waals surface area contributed by atoms with Crippen molar-refractivity contribution in [1.29, 1.82) is 0 Å². The van der Waals surface area contributed by atoms with Gasteiger partial charge in [0.05, 0.1) is 6.04 Å². The first-order chi connectivity index (χ1) is 13.7. The molecule has 6 heteroatoms. The smallest absolute Gasteiger partial charge is 0.244 e. The fraction of sp³-hybridized carbons (Fsp3) is 0.409. The van der Waals surface area contributed by atoms with Crippen LogP contribution in [0.15, 0.2) is 53.2 Å². The molecule has 0 radical (unpaired) electrons. The predicted octanol–water partition coefficient (Wildman–Crippen LogP) is 3.97. The van der Waals surface area contributed by atoms with E-state index in [1.165, 1.54) is 12.0 Å². The molecule has 1 atom stereocenters. The molecule has 0 bridgehead atoms. The van der Waals surface area contributed by atoms with Crippen molar-refractivity contribution in [2.24, 2.45) is 0 Å². The number of hydrogen-bond acceptors (Lipinski definition) is 6. The highest BCUT2D eigenvalue weighted by molar-refractivity contribution is 5.55. The summed E-state index contributed by atoms with van der Waals surface area (Å²) in [5, 5.41) is 4.20. The van der Waals surface area contributed by atoms with Crippen LogP contribution in [0.25, 0.3) is 11.4 Å². The molecule has 0 spiro atoms. The van der Waals surface area contributed by atoms with E-state index in [2.05, 4.69) is 50.4 Å². The Balaban J connectivity index is 1.39. The number of hydrogen-bond donors (Lipinski definition) is 0. The highest BCUT2D eigenvalue weighted by Gasteiger charge is 2.30. The number of rotatable bonds is 7. The second-order valence-corrected chi connectivity index (χ2v) is 7.54. The van der Waals surface area contributed by atoms with Crippen LogP contribution in [0.4, 0.5) is 5.82 Å². The van der Waals surface area contributed by atoms with Crippen molar-refractivity contribution in [3.8, 4) is 11.4 Å². The zero-order valence-corrected chi connectivity index (χ0v) is 16.6. The van der Waals surface area contributed by atoms with Crippen LogP contribution in [-0.2, 0) is 6.42 Å². The van der Waals surface area contributed by atoms with E-state index < -0.39 is 0 Å². The molecule has 0 N–H and O–H groups in total. The Morgan fingerprint density at radius 2 is 2.00 bits per heavy atom. The lowest BCUT2D eigenvalue weighted by atomic mass is 10.1. The number of nitrogens with zero attached hydrogens (tertiary/aromatic N) is 5. The van der Waals surface area contributed by atoms with Gasteiger partial charge in [0, 0.05) is 25.9 Å². The van der Waals surface area contributed by atoms with Crippen LogP contribution in [0.1, 0.15) is 36.8 Å². The molecular weight excluding hydrogens is 350 g/mol. The summed E-state index contributed by atoms with van der Waals surface area (Å²) >= 11 is 0. The van der Waals surface area contributed by atoms with Crippen molar-refractivity contribution in [2.45, 2.75) is 31.7 Å². The topological polar surface area (TPSA) is 58.3 Å². The maximum Gasteiger partial charge on any atom is 0.244 e. The molecular formula is C22H27N5O. The van der Waals surface area contributed by atoms with Gasteiger partial charge in [0.15, 0.2) is 0 Å². The lowest BCUT2D eigenvalue weighted by Crippen LogP contribution is -2.25. The number of aromatic nitrogens is 3. The second kappa shape index (κ2) is 8.52. The molecule has 0 amide bonds. The van der Waals surface area contributed by atoms with Crippen LogP contribution in [0.2, 0.25) is 0 Å². The van der Waals surface area contributed by atoms with E-state index in [1.54, 1.807) is 6.20 Å². The number of benzene rings is 1. The summed E-state index contributed by atoms with van der Waals surface area (Å²) in [6.07, 6.45) is 6.29. The summed E-state index contributed by atoms with van der Waals surface area (Å²) in [5.74, 6) is 2.25. The molecule has 0 unspecified atom stereocenters. The van der Waals surface area contributed by atoms with Crippen LogP contribution in [-0.4, -0.2) is 47.2 Å². The molecule has 1 aliphatic heterocycles. The Morgan fingerprint density at radius 3 is 2.75 bits per heavy atom. The largest absolute Gasteiger partial charge is 0.363 e. The fourth-order valence-electron chi connectivity index (χ4n) is 3.78. The van der Waals surface area contributed by atoms with Crippen molar-refractivity contribution >= 4 is 5.82 Å². The van der Waals surface area contributed by atoms with Gasteiger partial charge in [-0.15, -0.1) is 0 Å². The Hall–Kier alpha value is -2.73. The van der Waals surface area contributed by atoms with E-state index in [1.807, 2.05) is 31.1 Å². The first-order valence-corrected chi connectivity index (χ1v) is 9.96. The molecule has 1 saturated heterocycles. The van der Waals surface area contributed by atoms with Gasteiger partial charge < -0.3 is 9.42 Å². The Morgan fingerprint density at radius 1 is 1.14 bits per heavy atom. The highest BCUT2D eigenvalue weighted by Crippen LogP contribution is 2.32. The Kier molecular flexibility index (Phi) is 5.67. The van der Waals surface area contributed by atoms with Gasteiger partial charge in [0.1, 0.15) is 5.82 Å². The lowest BCUT2D eigenvalue weighted by molar-refractivity contribution is 0.206. The maximum atomic E-state index is 5.63. The first kappa shape index (κ1) is 18.6. The van der Waals surface area contributed by atoms with E-state index in [-0.39, 0.29) is 6.04 Å². The molecule has 146 valence electrons. The summed E-state index contributed by atoms with van der Waals surface area (Å²) in [4.78, 5) is 13.6. The molecule has 4 rings (SSSR count). The summed E-state index contributed by atoms with van der Waals surface area (Å²) in [6, 6.07) is 14.9. The van der Waals surface area contributed by atoms with E-state index in [0.717, 1.165) is 49.6 Å². The average molecular weight is 377 g/mol. The first-order valence-electron chi connectivity index (χ1n) is 9.96. The van der Waals surface area contributed by atoms with E-state index in [0.29, 0.717) is 5.82 Å². The standard InChI is InChI=1S/C22H27N5O/c1-26(2)20-13-12-18(16-23-20)21-24-22(28-25-21)19-11-7-15-27(19)14-6-10-17-8-4-3-5-9-17/h3-5,8-9,12-13,16,19H,6-7,10-11,14-15H2,1-2H3/t19-/m0/s1.